The zero-order valence-electron chi connectivity index (χ0n) is 22.6. The number of hydrogen-bond acceptors (Lipinski definition) is 5. The molecule has 0 aliphatic carbocycles. The number of carbonyl (C=O) groups excluding carboxylic acids is 2. The van der Waals surface area contributed by atoms with Crippen molar-refractivity contribution in [2.45, 2.75) is 45.7 Å². The SMILES string of the molecule is Cc1ccc(C(=O)N(CC(=O)N2CCc3sccc3C2COc2ccc(C(C)C)cc2)Cc2ccco2)cc1. The molecule has 5 rings (SSSR count). The van der Waals surface area contributed by atoms with Crippen molar-refractivity contribution in [2.75, 3.05) is 19.7 Å². The largest absolute Gasteiger partial charge is 0.491 e. The molecule has 2 aromatic heterocycles. The average Bonchev–Trinajstić information content (AvgIpc) is 3.64. The average molecular weight is 543 g/mol. The summed E-state index contributed by atoms with van der Waals surface area (Å²) >= 11 is 1.72. The third-order valence-corrected chi connectivity index (χ3v) is 8.21. The number of thiophene rings is 1. The molecular formula is C32H34N2O4S. The van der Waals surface area contributed by atoms with Gasteiger partial charge in [0.25, 0.3) is 5.91 Å². The standard InChI is InChI=1S/C32H34N2O4S/c1-22(2)24-10-12-26(13-11-24)38-21-29-28-15-18-39-30(28)14-16-34(29)31(35)20-33(19-27-5-4-17-37-27)32(36)25-8-6-23(3)7-9-25/h4-13,15,17-18,22,29H,14,16,19-21H2,1-3H3. The van der Waals surface area contributed by atoms with E-state index in [1.54, 1.807) is 40.7 Å². The summed E-state index contributed by atoms with van der Waals surface area (Å²) in [7, 11) is 0. The van der Waals surface area contributed by atoms with Gasteiger partial charge >= 0.3 is 0 Å². The van der Waals surface area contributed by atoms with Crippen LogP contribution in [0.4, 0.5) is 0 Å². The summed E-state index contributed by atoms with van der Waals surface area (Å²) in [4.78, 5) is 32.1. The van der Waals surface area contributed by atoms with Crippen molar-refractivity contribution < 1.29 is 18.7 Å². The summed E-state index contributed by atoms with van der Waals surface area (Å²) in [5, 5.41) is 2.08. The molecule has 7 heteroatoms. The quantitative estimate of drug-likeness (QED) is 0.238. The van der Waals surface area contributed by atoms with Crippen LogP contribution in [0.15, 0.2) is 82.8 Å². The van der Waals surface area contributed by atoms with Crippen molar-refractivity contribution in [1.29, 1.82) is 0 Å². The van der Waals surface area contributed by atoms with Gasteiger partial charge in [-0.25, -0.2) is 0 Å². The molecule has 0 spiro atoms. The summed E-state index contributed by atoms with van der Waals surface area (Å²) in [5.74, 6) is 1.55. The van der Waals surface area contributed by atoms with Crippen molar-refractivity contribution in [3.63, 3.8) is 0 Å². The van der Waals surface area contributed by atoms with Crippen LogP contribution in [0.5, 0.6) is 5.75 Å². The van der Waals surface area contributed by atoms with Gasteiger partial charge in [-0.2, -0.15) is 0 Å². The monoisotopic (exact) mass is 542 g/mol. The predicted molar refractivity (Wildman–Crippen MR) is 153 cm³/mol. The minimum absolute atomic E-state index is 0.0491. The molecular weight excluding hydrogens is 508 g/mol. The molecule has 1 aliphatic heterocycles. The van der Waals surface area contributed by atoms with E-state index in [0.717, 1.165) is 23.3 Å². The molecule has 0 N–H and O–H groups in total. The molecule has 6 nitrogen and oxygen atoms in total. The summed E-state index contributed by atoms with van der Waals surface area (Å²) in [6.07, 6.45) is 2.37. The Morgan fingerprint density at radius 2 is 1.85 bits per heavy atom. The number of hydrogen-bond donors (Lipinski definition) is 0. The summed E-state index contributed by atoms with van der Waals surface area (Å²) < 4.78 is 11.7. The van der Waals surface area contributed by atoms with Crippen molar-refractivity contribution in [2.24, 2.45) is 0 Å². The highest BCUT2D eigenvalue weighted by Gasteiger charge is 2.34. The fraction of sp³-hybridized carbons (Fsp3) is 0.312. The number of carbonyl (C=O) groups is 2. The second-order valence-corrected chi connectivity index (χ2v) is 11.3. The Balaban J connectivity index is 1.35. The molecule has 2 aromatic carbocycles. The van der Waals surface area contributed by atoms with Gasteiger partial charge in [-0.3, -0.25) is 9.59 Å². The van der Waals surface area contributed by atoms with Crippen LogP contribution in [0.1, 0.15) is 63.5 Å². The van der Waals surface area contributed by atoms with Gasteiger partial charge in [0.15, 0.2) is 0 Å². The van der Waals surface area contributed by atoms with Gasteiger partial charge < -0.3 is 19.0 Å². The number of benzene rings is 2. The van der Waals surface area contributed by atoms with Crippen molar-refractivity contribution >= 4 is 23.2 Å². The Morgan fingerprint density at radius 1 is 1.08 bits per heavy atom. The lowest BCUT2D eigenvalue weighted by Crippen LogP contribution is -2.47. The number of rotatable bonds is 9. The Kier molecular flexibility index (Phi) is 8.17. The van der Waals surface area contributed by atoms with E-state index < -0.39 is 0 Å². The second kappa shape index (κ2) is 11.9. The van der Waals surface area contributed by atoms with Gasteiger partial charge in [-0.05, 0) is 78.2 Å². The molecule has 3 heterocycles. The maximum Gasteiger partial charge on any atom is 0.254 e. The van der Waals surface area contributed by atoms with E-state index in [2.05, 4.69) is 37.4 Å². The van der Waals surface area contributed by atoms with E-state index in [1.165, 1.54) is 10.4 Å². The van der Waals surface area contributed by atoms with E-state index in [1.807, 2.05) is 42.2 Å². The molecule has 1 aliphatic rings. The molecule has 0 saturated carbocycles. The van der Waals surface area contributed by atoms with Gasteiger partial charge in [0, 0.05) is 17.0 Å². The first-order valence-corrected chi connectivity index (χ1v) is 14.2. The van der Waals surface area contributed by atoms with Crippen LogP contribution in [-0.4, -0.2) is 41.3 Å². The first-order chi connectivity index (χ1) is 18.9. The van der Waals surface area contributed by atoms with E-state index in [9.17, 15) is 9.59 Å². The molecule has 0 radical (unpaired) electrons. The van der Waals surface area contributed by atoms with E-state index >= 15 is 0 Å². The fourth-order valence-electron chi connectivity index (χ4n) is 4.92. The minimum Gasteiger partial charge on any atom is -0.491 e. The van der Waals surface area contributed by atoms with Gasteiger partial charge in [-0.15, -0.1) is 11.3 Å². The first kappa shape index (κ1) is 26.8. The highest BCUT2D eigenvalue weighted by molar-refractivity contribution is 7.10. The lowest BCUT2D eigenvalue weighted by molar-refractivity contribution is -0.135. The third kappa shape index (κ3) is 6.25. The Labute approximate surface area is 233 Å². The molecule has 0 fully saturated rings. The molecule has 0 saturated heterocycles. The fourth-order valence-corrected chi connectivity index (χ4v) is 5.85. The Bertz CT molecular complexity index is 1390. The Morgan fingerprint density at radius 3 is 2.54 bits per heavy atom. The van der Waals surface area contributed by atoms with Crippen LogP contribution in [0, 0.1) is 6.92 Å². The predicted octanol–water partition coefficient (Wildman–Crippen LogP) is 6.62. The number of fused-ring (bicyclic) bond motifs is 1. The number of nitrogens with zero attached hydrogens (tertiary/aromatic N) is 2. The van der Waals surface area contributed by atoms with E-state index in [4.69, 9.17) is 9.15 Å². The number of aryl methyl sites for hydroxylation is 1. The lowest BCUT2D eigenvalue weighted by atomic mass is 10.00. The van der Waals surface area contributed by atoms with Gasteiger partial charge in [-0.1, -0.05) is 43.7 Å². The topological polar surface area (TPSA) is 63.0 Å². The second-order valence-electron chi connectivity index (χ2n) is 10.3. The molecule has 0 bridgehead atoms. The zero-order chi connectivity index (χ0) is 27.4. The zero-order valence-corrected chi connectivity index (χ0v) is 23.4. The van der Waals surface area contributed by atoms with E-state index in [0.29, 0.717) is 30.4 Å². The number of amides is 2. The van der Waals surface area contributed by atoms with E-state index in [-0.39, 0.29) is 30.9 Å². The highest BCUT2D eigenvalue weighted by atomic mass is 32.1. The molecule has 1 unspecified atom stereocenters. The molecule has 1 atom stereocenters. The smallest absolute Gasteiger partial charge is 0.254 e. The molecule has 39 heavy (non-hydrogen) atoms. The van der Waals surface area contributed by atoms with Gasteiger partial charge in [0.05, 0.1) is 18.8 Å². The Hall–Kier alpha value is -3.84. The maximum absolute atomic E-state index is 13.8. The normalized spacial score (nSPS) is 14.8. The molecule has 2 amide bonds. The van der Waals surface area contributed by atoms with Crippen LogP contribution in [-0.2, 0) is 17.8 Å². The van der Waals surface area contributed by atoms with Crippen LogP contribution in [0.3, 0.4) is 0 Å². The summed E-state index contributed by atoms with van der Waals surface area (Å²) in [6, 6.07) is 21.0. The summed E-state index contributed by atoms with van der Waals surface area (Å²) in [5.41, 5.74) is 4.00. The summed E-state index contributed by atoms with van der Waals surface area (Å²) in [6.45, 7) is 7.41. The first-order valence-electron chi connectivity index (χ1n) is 13.4. The van der Waals surface area contributed by atoms with Crippen LogP contribution >= 0.6 is 11.3 Å². The minimum atomic E-state index is -0.225. The van der Waals surface area contributed by atoms with Crippen molar-refractivity contribution in [3.8, 4) is 5.75 Å². The lowest BCUT2D eigenvalue weighted by Gasteiger charge is -2.37. The van der Waals surface area contributed by atoms with Crippen LogP contribution < -0.4 is 4.74 Å². The molecule has 202 valence electrons. The van der Waals surface area contributed by atoms with Gasteiger partial charge in [0.2, 0.25) is 5.91 Å². The van der Waals surface area contributed by atoms with Crippen molar-refractivity contribution in [1.82, 2.24) is 9.80 Å². The molecule has 4 aromatic rings. The van der Waals surface area contributed by atoms with Crippen LogP contribution in [0.25, 0.3) is 0 Å². The maximum atomic E-state index is 13.8. The van der Waals surface area contributed by atoms with Gasteiger partial charge in [0.1, 0.15) is 24.7 Å². The number of furan rings is 1. The van der Waals surface area contributed by atoms with Crippen LogP contribution in [0.2, 0.25) is 0 Å². The third-order valence-electron chi connectivity index (χ3n) is 7.21. The van der Waals surface area contributed by atoms with Crippen molar-refractivity contribution in [3.05, 3.63) is 111 Å². The number of ether oxygens (including phenoxy) is 1. The highest BCUT2D eigenvalue weighted by Crippen LogP contribution is 2.34.